The summed E-state index contributed by atoms with van der Waals surface area (Å²) in [5, 5.41) is 3.30. The standard InChI is InChI=1S/C28H34N2O4/c31-25(20-34-23-9-5-2-6-10-23)30-15-11-27(12-16-30)19-24(27)26(32)29-21-28(13-17-33-18-14-28)22-7-3-1-4-8-22/h1-10,24H,11-21H2,(H,29,32). The zero-order valence-corrected chi connectivity index (χ0v) is 19.7. The Balaban J connectivity index is 1.11. The van der Waals surface area contributed by atoms with Gasteiger partial charge in [-0.15, -0.1) is 0 Å². The van der Waals surface area contributed by atoms with Gasteiger partial charge in [0.25, 0.3) is 5.91 Å². The number of rotatable bonds is 7. The van der Waals surface area contributed by atoms with Crippen molar-refractivity contribution in [2.24, 2.45) is 11.3 Å². The molecular weight excluding hydrogens is 428 g/mol. The zero-order chi connectivity index (χ0) is 23.4. The Bertz CT molecular complexity index is 980. The molecule has 3 aliphatic rings. The van der Waals surface area contributed by atoms with Gasteiger partial charge in [-0.05, 0) is 55.2 Å². The number of nitrogens with one attached hydrogen (secondary N) is 1. The number of piperidine rings is 1. The van der Waals surface area contributed by atoms with Gasteiger partial charge in [0.1, 0.15) is 5.75 Å². The second-order valence-corrected chi connectivity index (χ2v) is 10.1. The number of hydrogen-bond donors (Lipinski definition) is 1. The van der Waals surface area contributed by atoms with Gasteiger partial charge in [-0.2, -0.15) is 0 Å². The average Bonchev–Trinajstić information content (AvgIpc) is 3.61. The topological polar surface area (TPSA) is 67.9 Å². The van der Waals surface area contributed by atoms with Crippen molar-refractivity contribution in [3.63, 3.8) is 0 Å². The van der Waals surface area contributed by atoms with Gasteiger partial charge in [-0.25, -0.2) is 0 Å². The minimum atomic E-state index is -0.0498. The molecule has 1 aliphatic carbocycles. The number of benzene rings is 2. The maximum atomic E-state index is 13.1. The number of ether oxygens (including phenoxy) is 2. The van der Waals surface area contributed by atoms with E-state index in [0.717, 1.165) is 45.3 Å². The molecule has 6 nitrogen and oxygen atoms in total. The van der Waals surface area contributed by atoms with Crippen LogP contribution in [0.4, 0.5) is 0 Å². The molecule has 2 heterocycles. The molecule has 0 aromatic heterocycles. The van der Waals surface area contributed by atoms with Crippen molar-refractivity contribution >= 4 is 11.8 Å². The van der Waals surface area contributed by atoms with Crippen molar-refractivity contribution in [3.8, 4) is 5.75 Å². The Morgan fingerprint density at radius 3 is 2.26 bits per heavy atom. The number of amides is 2. The smallest absolute Gasteiger partial charge is 0.260 e. The summed E-state index contributed by atoms with van der Waals surface area (Å²) >= 11 is 0. The molecule has 0 radical (unpaired) electrons. The number of hydrogen-bond acceptors (Lipinski definition) is 4. The first-order chi connectivity index (χ1) is 16.6. The Kier molecular flexibility index (Phi) is 6.59. The molecular formula is C28H34N2O4. The van der Waals surface area contributed by atoms with Crippen LogP contribution < -0.4 is 10.1 Å². The van der Waals surface area contributed by atoms with E-state index in [9.17, 15) is 9.59 Å². The molecule has 3 fully saturated rings. The summed E-state index contributed by atoms with van der Waals surface area (Å²) in [6.07, 6.45) is 4.56. The molecule has 1 atom stereocenters. The monoisotopic (exact) mass is 462 g/mol. The highest BCUT2D eigenvalue weighted by Gasteiger charge is 2.58. The average molecular weight is 463 g/mol. The maximum absolute atomic E-state index is 13.1. The second-order valence-electron chi connectivity index (χ2n) is 10.1. The fourth-order valence-electron chi connectivity index (χ4n) is 5.73. The van der Waals surface area contributed by atoms with Crippen molar-refractivity contribution in [3.05, 3.63) is 66.2 Å². The Morgan fingerprint density at radius 1 is 0.941 bits per heavy atom. The van der Waals surface area contributed by atoms with Crippen LogP contribution in [0.2, 0.25) is 0 Å². The minimum Gasteiger partial charge on any atom is -0.484 e. The van der Waals surface area contributed by atoms with E-state index >= 15 is 0 Å². The summed E-state index contributed by atoms with van der Waals surface area (Å²) in [7, 11) is 0. The van der Waals surface area contributed by atoms with Gasteiger partial charge in [-0.1, -0.05) is 48.5 Å². The molecule has 2 saturated heterocycles. The van der Waals surface area contributed by atoms with Crippen molar-refractivity contribution in [2.75, 3.05) is 39.5 Å². The molecule has 180 valence electrons. The number of likely N-dealkylation sites (tertiary alicyclic amines) is 1. The molecule has 1 spiro atoms. The van der Waals surface area contributed by atoms with Crippen molar-refractivity contribution < 1.29 is 19.1 Å². The number of carbonyl (C=O) groups is 2. The predicted octanol–water partition coefficient (Wildman–Crippen LogP) is 3.56. The van der Waals surface area contributed by atoms with E-state index in [2.05, 4.69) is 29.6 Å². The van der Waals surface area contributed by atoms with Crippen molar-refractivity contribution in [1.82, 2.24) is 10.2 Å². The van der Waals surface area contributed by atoms with Crippen LogP contribution in [0.25, 0.3) is 0 Å². The van der Waals surface area contributed by atoms with E-state index in [1.807, 2.05) is 41.3 Å². The highest BCUT2D eigenvalue weighted by Crippen LogP contribution is 2.59. The van der Waals surface area contributed by atoms with Gasteiger partial charge in [0, 0.05) is 44.2 Å². The quantitative estimate of drug-likeness (QED) is 0.683. The Hall–Kier alpha value is -2.86. The van der Waals surface area contributed by atoms with Crippen LogP contribution in [-0.4, -0.2) is 56.2 Å². The van der Waals surface area contributed by atoms with E-state index < -0.39 is 0 Å². The molecule has 1 unspecified atom stereocenters. The van der Waals surface area contributed by atoms with Crippen LogP contribution in [0.3, 0.4) is 0 Å². The van der Waals surface area contributed by atoms with Gasteiger partial charge in [0.05, 0.1) is 0 Å². The highest BCUT2D eigenvalue weighted by atomic mass is 16.5. The second kappa shape index (κ2) is 9.79. The maximum Gasteiger partial charge on any atom is 0.260 e. The molecule has 2 aromatic carbocycles. The molecule has 0 bridgehead atoms. The van der Waals surface area contributed by atoms with Crippen LogP contribution in [0.5, 0.6) is 5.75 Å². The molecule has 2 amide bonds. The molecule has 34 heavy (non-hydrogen) atoms. The zero-order valence-electron chi connectivity index (χ0n) is 19.7. The molecule has 5 rings (SSSR count). The van der Waals surface area contributed by atoms with Crippen LogP contribution in [0.1, 0.15) is 37.7 Å². The molecule has 2 aliphatic heterocycles. The lowest BCUT2D eigenvalue weighted by Crippen LogP contribution is -2.46. The van der Waals surface area contributed by atoms with Crippen LogP contribution in [0.15, 0.2) is 60.7 Å². The highest BCUT2D eigenvalue weighted by molar-refractivity contribution is 5.83. The van der Waals surface area contributed by atoms with E-state index in [1.165, 1.54) is 5.56 Å². The SMILES string of the molecule is O=C(NCC1(c2ccccc2)CCOCC1)C1CC12CCN(C(=O)COc1ccccc1)CC2. The summed E-state index contributed by atoms with van der Waals surface area (Å²) in [6, 6.07) is 19.9. The number of nitrogens with zero attached hydrogens (tertiary/aromatic N) is 1. The Labute approximate surface area is 201 Å². The summed E-state index contributed by atoms with van der Waals surface area (Å²) in [5.41, 5.74) is 1.30. The summed E-state index contributed by atoms with van der Waals surface area (Å²) < 4.78 is 11.2. The largest absolute Gasteiger partial charge is 0.484 e. The fourth-order valence-corrected chi connectivity index (χ4v) is 5.73. The van der Waals surface area contributed by atoms with E-state index in [1.54, 1.807) is 0 Å². The summed E-state index contributed by atoms with van der Waals surface area (Å²) in [6.45, 7) is 3.59. The van der Waals surface area contributed by atoms with Gasteiger partial charge < -0.3 is 19.7 Å². The molecule has 1 N–H and O–H groups in total. The van der Waals surface area contributed by atoms with Gasteiger partial charge in [0.15, 0.2) is 6.61 Å². The summed E-state index contributed by atoms with van der Waals surface area (Å²) in [4.78, 5) is 27.6. The minimum absolute atomic E-state index is 0.0182. The van der Waals surface area contributed by atoms with Crippen LogP contribution in [0, 0.1) is 11.3 Å². The molecule has 6 heteroatoms. The lowest BCUT2D eigenvalue weighted by molar-refractivity contribution is -0.135. The lowest BCUT2D eigenvalue weighted by atomic mass is 9.74. The fraction of sp³-hybridized carbons (Fsp3) is 0.500. The van der Waals surface area contributed by atoms with Crippen LogP contribution >= 0.6 is 0 Å². The first-order valence-corrected chi connectivity index (χ1v) is 12.5. The number of carbonyl (C=O) groups excluding carboxylic acids is 2. The molecule has 2 aromatic rings. The van der Waals surface area contributed by atoms with E-state index in [4.69, 9.17) is 9.47 Å². The van der Waals surface area contributed by atoms with Gasteiger partial charge >= 0.3 is 0 Å². The van der Waals surface area contributed by atoms with Crippen molar-refractivity contribution in [1.29, 1.82) is 0 Å². The van der Waals surface area contributed by atoms with E-state index in [0.29, 0.717) is 25.4 Å². The third-order valence-corrected chi connectivity index (χ3v) is 8.16. The van der Waals surface area contributed by atoms with E-state index in [-0.39, 0.29) is 35.2 Å². The van der Waals surface area contributed by atoms with Gasteiger partial charge in [-0.3, -0.25) is 9.59 Å². The number of para-hydroxylation sites is 1. The summed E-state index contributed by atoms with van der Waals surface area (Å²) in [5.74, 6) is 0.970. The first kappa shape index (κ1) is 22.9. The lowest BCUT2D eigenvalue weighted by Gasteiger charge is -2.38. The van der Waals surface area contributed by atoms with Crippen molar-refractivity contribution in [2.45, 2.75) is 37.5 Å². The normalized spacial score (nSPS) is 22.7. The first-order valence-electron chi connectivity index (χ1n) is 12.5. The van der Waals surface area contributed by atoms with Crippen LogP contribution in [-0.2, 0) is 19.7 Å². The molecule has 1 saturated carbocycles. The third kappa shape index (κ3) is 4.83. The Morgan fingerprint density at radius 2 is 1.59 bits per heavy atom. The predicted molar refractivity (Wildman–Crippen MR) is 129 cm³/mol. The third-order valence-electron chi connectivity index (χ3n) is 8.16. The van der Waals surface area contributed by atoms with Gasteiger partial charge in [0.2, 0.25) is 5.91 Å².